The van der Waals surface area contributed by atoms with Gasteiger partial charge in [0.2, 0.25) is 0 Å². The summed E-state index contributed by atoms with van der Waals surface area (Å²) in [6.07, 6.45) is 2.86. The second-order valence-electron chi connectivity index (χ2n) is 4.89. The summed E-state index contributed by atoms with van der Waals surface area (Å²) in [6.45, 7) is 4.18. The molecule has 5 heteroatoms. The van der Waals surface area contributed by atoms with Crippen LogP contribution in [-0.2, 0) is 9.53 Å². The quantitative estimate of drug-likeness (QED) is 0.470. The molecule has 0 radical (unpaired) electrons. The van der Waals surface area contributed by atoms with Gasteiger partial charge < -0.3 is 15.2 Å². The second kappa shape index (κ2) is 9.64. The largest absolute Gasteiger partial charge is 0.468 e. The van der Waals surface area contributed by atoms with Crippen molar-refractivity contribution in [2.24, 2.45) is 5.92 Å². The van der Waals surface area contributed by atoms with E-state index in [9.17, 15) is 4.79 Å². The number of aliphatic hydroxyl groups excluding tert-OH is 1. The van der Waals surface area contributed by atoms with Crippen LogP contribution < -0.4 is 5.32 Å². The Balaban J connectivity index is 3.72. The summed E-state index contributed by atoms with van der Waals surface area (Å²) in [6, 6.07) is 0. The van der Waals surface area contributed by atoms with Gasteiger partial charge in [-0.15, -0.1) is 0 Å². The number of methoxy groups -OCH3 is 1. The lowest BCUT2D eigenvalue weighted by Crippen LogP contribution is -2.48. The third kappa shape index (κ3) is 6.61. The monoisotopic (exact) mass is 277 g/mol. The van der Waals surface area contributed by atoms with Crippen LogP contribution >= 0.6 is 11.8 Å². The molecule has 2 unspecified atom stereocenters. The van der Waals surface area contributed by atoms with E-state index >= 15 is 0 Å². The summed E-state index contributed by atoms with van der Waals surface area (Å²) in [7, 11) is 3.21. The lowest BCUT2D eigenvalue weighted by Gasteiger charge is -2.25. The fourth-order valence-electron chi connectivity index (χ4n) is 1.57. The number of likely N-dealkylation sites (N-methyl/N-ethyl adjacent to an activating group) is 1. The maximum Gasteiger partial charge on any atom is 0.325 e. The normalized spacial score (nSPS) is 16.1. The van der Waals surface area contributed by atoms with E-state index in [1.54, 1.807) is 7.05 Å². The van der Waals surface area contributed by atoms with Crippen LogP contribution in [-0.4, -0.2) is 48.9 Å². The minimum absolute atomic E-state index is 0.202. The van der Waals surface area contributed by atoms with E-state index < -0.39 is 5.54 Å². The minimum atomic E-state index is -0.572. The van der Waals surface area contributed by atoms with E-state index in [2.05, 4.69) is 5.32 Å². The van der Waals surface area contributed by atoms with Gasteiger partial charge >= 0.3 is 5.97 Å². The molecule has 0 aliphatic heterocycles. The molecule has 2 N–H and O–H groups in total. The Bertz CT molecular complexity index is 238. The Morgan fingerprint density at radius 2 is 2.17 bits per heavy atom. The van der Waals surface area contributed by atoms with Gasteiger partial charge in [-0.05, 0) is 44.2 Å². The summed E-state index contributed by atoms with van der Waals surface area (Å²) in [5.74, 6) is 2.24. The molecule has 0 aliphatic carbocycles. The summed E-state index contributed by atoms with van der Waals surface area (Å²) in [5.41, 5.74) is -0.572. The van der Waals surface area contributed by atoms with Gasteiger partial charge in [-0.1, -0.05) is 13.3 Å². The highest BCUT2D eigenvalue weighted by molar-refractivity contribution is 7.99. The van der Waals surface area contributed by atoms with Crippen molar-refractivity contribution in [3.63, 3.8) is 0 Å². The maximum atomic E-state index is 11.6. The molecule has 18 heavy (non-hydrogen) atoms. The van der Waals surface area contributed by atoms with Gasteiger partial charge in [0.15, 0.2) is 0 Å². The average Bonchev–Trinajstić information content (AvgIpc) is 2.40. The number of thioether (sulfide) groups is 1. The van der Waals surface area contributed by atoms with Gasteiger partial charge in [0.05, 0.1) is 7.11 Å². The molecule has 2 atom stereocenters. The van der Waals surface area contributed by atoms with E-state index in [0.717, 1.165) is 30.8 Å². The molecule has 0 spiro atoms. The number of rotatable bonds is 10. The third-order valence-electron chi connectivity index (χ3n) is 3.12. The van der Waals surface area contributed by atoms with E-state index in [1.807, 2.05) is 25.6 Å². The molecule has 0 amide bonds. The lowest BCUT2D eigenvalue weighted by atomic mass is 9.95. The van der Waals surface area contributed by atoms with Gasteiger partial charge in [-0.3, -0.25) is 4.79 Å². The predicted molar refractivity (Wildman–Crippen MR) is 76.9 cm³/mol. The van der Waals surface area contributed by atoms with E-state index in [4.69, 9.17) is 9.84 Å². The first-order chi connectivity index (χ1) is 8.50. The van der Waals surface area contributed by atoms with Crippen LogP contribution in [0.4, 0.5) is 0 Å². The zero-order chi connectivity index (χ0) is 14.0. The van der Waals surface area contributed by atoms with Gasteiger partial charge in [0, 0.05) is 6.61 Å². The number of unbranched alkanes of at least 4 members (excludes halogenated alkanes) is 1. The van der Waals surface area contributed by atoms with Crippen LogP contribution in [0.5, 0.6) is 0 Å². The second-order valence-corrected chi connectivity index (χ2v) is 6.04. The van der Waals surface area contributed by atoms with Gasteiger partial charge in [0.25, 0.3) is 0 Å². The van der Waals surface area contributed by atoms with Crippen molar-refractivity contribution in [3.05, 3.63) is 0 Å². The molecule has 0 rings (SSSR count). The Kier molecular flexibility index (Phi) is 9.50. The summed E-state index contributed by atoms with van der Waals surface area (Å²) < 4.78 is 4.80. The fraction of sp³-hybridized carbons (Fsp3) is 0.923. The van der Waals surface area contributed by atoms with Crippen LogP contribution in [0.25, 0.3) is 0 Å². The number of aliphatic hydroxyl groups is 1. The zero-order valence-electron chi connectivity index (χ0n) is 12.0. The Hall–Kier alpha value is -0.260. The first-order valence-corrected chi connectivity index (χ1v) is 7.61. The predicted octanol–water partition coefficient (Wildman–Crippen LogP) is 1.67. The van der Waals surface area contributed by atoms with Crippen molar-refractivity contribution in [2.45, 2.75) is 38.6 Å². The zero-order valence-corrected chi connectivity index (χ0v) is 12.8. The van der Waals surface area contributed by atoms with Gasteiger partial charge in [0.1, 0.15) is 5.54 Å². The highest BCUT2D eigenvalue weighted by atomic mass is 32.2. The van der Waals surface area contributed by atoms with Crippen LogP contribution in [0, 0.1) is 5.92 Å². The molecule has 0 saturated heterocycles. The minimum Gasteiger partial charge on any atom is -0.468 e. The Labute approximate surface area is 115 Å². The standard InChI is InChI=1S/C13H27NO3S/c1-11(9-15)10-18-8-6-5-7-13(2,14-3)12(16)17-4/h11,14-15H,5-10H2,1-4H3. The van der Waals surface area contributed by atoms with E-state index in [1.165, 1.54) is 7.11 Å². The van der Waals surface area contributed by atoms with E-state index in [-0.39, 0.29) is 12.6 Å². The number of nitrogens with one attached hydrogen (secondary N) is 1. The molecule has 0 saturated carbocycles. The maximum absolute atomic E-state index is 11.6. The number of esters is 1. The van der Waals surface area contributed by atoms with Crippen molar-refractivity contribution < 1.29 is 14.6 Å². The van der Waals surface area contributed by atoms with Gasteiger partial charge in [-0.2, -0.15) is 11.8 Å². The van der Waals surface area contributed by atoms with Crippen molar-refractivity contribution in [1.29, 1.82) is 0 Å². The Morgan fingerprint density at radius 3 is 2.67 bits per heavy atom. The number of carbonyl (C=O) groups is 1. The molecule has 0 aromatic heterocycles. The molecule has 108 valence electrons. The fourth-order valence-corrected chi connectivity index (χ4v) is 2.66. The summed E-state index contributed by atoms with van der Waals surface area (Å²) in [5, 5.41) is 11.9. The molecule has 0 bridgehead atoms. The number of hydrogen-bond donors (Lipinski definition) is 2. The molecule has 0 heterocycles. The van der Waals surface area contributed by atoms with Gasteiger partial charge in [-0.25, -0.2) is 0 Å². The first kappa shape index (κ1) is 17.7. The SMILES string of the molecule is CNC(C)(CCCCSCC(C)CO)C(=O)OC. The van der Waals surface area contributed by atoms with Crippen molar-refractivity contribution in [3.8, 4) is 0 Å². The molecule has 4 nitrogen and oxygen atoms in total. The molecule has 0 aromatic rings. The lowest BCUT2D eigenvalue weighted by molar-refractivity contribution is -0.148. The molecule has 0 fully saturated rings. The smallest absolute Gasteiger partial charge is 0.325 e. The van der Waals surface area contributed by atoms with Crippen molar-refractivity contribution >= 4 is 17.7 Å². The third-order valence-corrected chi connectivity index (χ3v) is 4.50. The van der Waals surface area contributed by atoms with Crippen LogP contribution in [0.15, 0.2) is 0 Å². The molecular formula is C13H27NO3S. The Morgan fingerprint density at radius 1 is 1.50 bits per heavy atom. The highest BCUT2D eigenvalue weighted by Gasteiger charge is 2.31. The van der Waals surface area contributed by atoms with Crippen LogP contribution in [0.3, 0.4) is 0 Å². The topological polar surface area (TPSA) is 58.6 Å². The number of carbonyl (C=O) groups excluding carboxylic acids is 1. The average molecular weight is 277 g/mol. The summed E-state index contributed by atoms with van der Waals surface area (Å²) in [4.78, 5) is 11.6. The molecule has 0 aliphatic rings. The summed E-state index contributed by atoms with van der Waals surface area (Å²) >= 11 is 1.86. The van der Waals surface area contributed by atoms with Crippen LogP contribution in [0.1, 0.15) is 33.1 Å². The van der Waals surface area contributed by atoms with Crippen molar-refractivity contribution in [1.82, 2.24) is 5.32 Å². The molecular weight excluding hydrogens is 250 g/mol. The molecule has 0 aromatic carbocycles. The van der Waals surface area contributed by atoms with Crippen LogP contribution in [0.2, 0.25) is 0 Å². The number of ether oxygens (including phenoxy) is 1. The highest BCUT2D eigenvalue weighted by Crippen LogP contribution is 2.17. The first-order valence-electron chi connectivity index (χ1n) is 6.46. The van der Waals surface area contributed by atoms with Crippen molar-refractivity contribution in [2.75, 3.05) is 32.3 Å². The number of hydrogen-bond acceptors (Lipinski definition) is 5. The van der Waals surface area contributed by atoms with E-state index in [0.29, 0.717) is 5.92 Å².